The molecular weight excluding hydrogens is 243 g/mol. The lowest BCUT2D eigenvalue weighted by Gasteiger charge is -2.15. The number of ether oxygens (including phenoxy) is 1. The van der Waals surface area contributed by atoms with Crippen molar-refractivity contribution in [1.82, 2.24) is 4.90 Å². The molecule has 0 aliphatic carbocycles. The highest BCUT2D eigenvalue weighted by atomic mass is 19.1. The maximum absolute atomic E-state index is 13.2. The van der Waals surface area contributed by atoms with Gasteiger partial charge in [0.25, 0.3) is 0 Å². The SMILES string of the molecule is CN(C)Cc1ccccc1Oc1cc(F)ccc1N. The molecule has 0 radical (unpaired) electrons. The monoisotopic (exact) mass is 260 g/mol. The van der Waals surface area contributed by atoms with Crippen LogP contribution in [0.15, 0.2) is 42.5 Å². The first-order chi connectivity index (χ1) is 9.06. The summed E-state index contributed by atoms with van der Waals surface area (Å²) in [5, 5.41) is 0. The number of benzene rings is 2. The second kappa shape index (κ2) is 5.71. The molecular formula is C15H17FN2O. The first kappa shape index (κ1) is 13.4. The Kier molecular flexibility index (Phi) is 4.02. The third-order valence-electron chi connectivity index (χ3n) is 2.65. The minimum absolute atomic E-state index is 0.339. The van der Waals surface area contributed by atoms with Gasteiger partial charge in [0.1, 0.15) is 11.6 Å². The molecule has 0 aliphatic heterocycles. The molecule has 0 unspecified atom stereocenters. The highest BCUT2D eigenvalue weighted by Crippen LogP contribution is 2.30. The number of nitrogens with two attached hydrogens (primary N) is 1. The quantitative estimate of drug-likeness (QED) is 0.857. The van der Waals surface area contributed by atoms with Crippen LogP contribution in [0.2, 0.25) is 0 Å². The van der Waals surface area contributed by atoms with Crippen molar-refractivity contribution in [3.63, 3.8) is 0 Å². The van der Waals surface area contributed by atoms with E-state index in [0.29, 0.717) is 17.2 Å². The van der Waals surface area contributed by atoms with Gasteiger partial charge in [-0.3, -0.25) is 0 Å². The highest BCUT2D eigenvalue weighted by molar-refractivity contribution is 5.54. The smallest absolute Gasteiger partial charge is 0.153 e. The molecule has 0 atom stereocenters. The molecule has 0 bridgehead atoms. The van der Waals surface area contributed by atoms with E-state index in [9.17, 15) is 4.39 Å². The van der Waals surface area contributed by atoms with Crippen molar-refractivity contribution >= 4 is 5.69 Å². The Morgan fingerprint density at radius 1 is 1.11 bits per heavy atom. The van der Waals surface area contributed by atoms with Crippen LogP contribution in [0.25, 0.3) is 0 Å². The average Bonchev–Trinajstić information content (AvgIpc) is 2.35. The van der Waals surface area contributed by atoms with Crippen molar-refractivity contribution in [3.05, 3.63) is 53.8 Å². The molecule has 0 amide bonds. The molecule has 3 nitrogen and oxygen atoms in total. The van der Waals surface area contributed by atoms with E-state index in [-0.39, 0.29) is 5.82 Å². The van der Waals surface area contributed by atoms with Crippen LogP contribution >= 0.6 is 0 Å². The average molecular weight is 260 g/mol. The summed E-state index contributed by atoms with van der Waals surface area (Å²) in [6.45, 7) is 0.741. The van der Waals surface area contributed by atoms with Gasteiger partial charge in [0.05, 0.1) is 5.69 Å². The molecule has 2 rings (SSSR count). The van der Waals surface area contributed by atoms with Gasteiger partial charge >= 0.3 is 0 Å². The van der Waals surface area contributed by atoms with Crippen molar-refractivity contribution in [1.29, 1.82) is 0 Å². The minimum Gasteiger partial charge on any atom is -0.455 e. The number of nitrogens with zero attached hydrogens (tertiary/aromatic N) is 1. The van der Waals surface area contributed by atoms with Gasteiger partial charge < -0.3 is 15.4 Å². The van der Waals surface area contributed by atoms with Crippen molar-refractivity contribution in [3.8, 4) is 11.5 Å². The van der Waals surface area contributed by atoms with E-state index >= 15 is 0 Å². The molecule has 2 aromatic rings. The lowest BCUT2D eigenvalue weighted by Crippen LogP contribution is -2.11. The number of nitrogen functional groups attached to an aromatic ring is 1. The highest BCUT2D eigenvalue weighted by Gasteiger charge is 2.08. The third-order valence-corrected chi connectivity index (χ3v) is 2.65. The van der Waals surface area contributed by atoms with Gasteiger partial charge in [-0.15, -0.1) is 0 Å². The Bertz CT molecular complexity index is 570. The summed E-state index contributed by atoms with van der Waals surface area (Å²) in [6, 6.07) is 11.8. The van der Waals surface area contributed by atoms with Crippen molar-refractivity contribution in [2.75, 3.05) is 19.8 Å². The van der Waals surface area contributed by atoms with Crippen molar-refractivity contribution in [2.45, 2.75) is 6.54 Å². The Hall–Kier alpha value is -2.07. The molecule has 0 saturated carbocycles. The fraction of sp³-hybridized carbons (Fsp3) is 0.200. The summed E-state index contributed by atoms with van der Waals surface area (Å²) in [5.74, 6) is 0.661. The summed E-state index contributed by atoms with van der Waals surface area (Å²) in [7, 11) is 3.96. The van der Waals surface area contributed by atoms with Crippen LogP contribution in [0.1, 0.15) is 5.56 Å². The molecule has 0 heterocycles. The van der Waals surface area contributed by atoms with Crippen LogP contribution in [0.4, 0.5) is 10.1 Å². The lowest BCUT2D eigenvalue weighted by molar-refractivity contribution is 0.388. The lowest BCUT2D eigenvalue weighted by atomic mass is 10.2. The first-order valence-corrected chi connectivity index (χ1v) is 6.02. The van der Waals surface area contributed by atoms with Gasteiger partial charge in [0, 0.05) is 18.2 Å². The van der Waals surface area contributed by atoms with Gasteiger partial charge in [-0.05, 0) is 32.3 Å². The fourth-order valence-electron chi connectivity index (χ4n) is 1.79. The van der Waals surface area contributed by atoms with Gasteiger partial charge in [0.15, 0.2) is 5.75 Å². The van der Waals surface area contributed by atoms with E-state index in [2.05, 4.69) is 0 Å². The standard InChI is InChI=1S/C15H17FN2O/c1-18(2)10-11-5-3-4-6-14(11)19-15-9-12(16)7-8-13(15)17/h3-9H,10,17H2,1-2H3. The second-order valence-corrected chi connectivity index (χ2v) is 4.63. The minimum atomic E-state index is -0.366. The maximum Gasteiger partial charge on any atom is 0.153 e. The zero-order valence-corrected chi connectivity index (χ0v) is 11.1. The molecule has 2 N–H and O–H groups in total. The number of hydrogen-bond donors (Lipinski definition) is 1. The molecule has 0 spiro atoms. The summed E-state index contributed by atoms with van der Waals surface area (Å²) in [5.41, 5.74) is 7.23. The normalized spacial score (nSPS) is 10.7. The Labute approximate surface area is 112 Å². The van der Waals surface area contributed by atoms with E-state index < -0.39 is 0 Å². The molecule has 100 valence electrons. The van der Waals surface area contributed by atoms with Crippen LogP contribution in [-0.2, 0) is 6.54 Å². The van der Waals surface area contributed by atoms with E-state index in [0.717, 1.165) is 12.1 Å². The Morgan fingerprint density at radius 2 is 1.84 bits per heavy atom. The molecule has 2 aromatic carbocycles. The molecule has 0 aromatic heterocycles. The van der Waals surface area contributed by atoms with Crippen molar-refractivity contribution < 1.29 is 9.13 Å². The topological polar surface area (TPSA) is 38.5 Å². The number of hydrogen-bond acceptors (Lipinski definition) is 3. The first-order valence-electron chi connectivity index (χ1n) is 6.02. The van der Waals surface area contributed by atoms with E-state index in [1.807, 2.05) is 43.3 Å². The van der Waals surface area contributed by atoms with Crippen molar-refractivity contribution in [2.24, 2.45) is 0 Å². The van der Waals surface area contributed by atoms with E-state index in [1.54, 1.807) is 0 Å². The van der Waals surface area contributed by atoms with Crippen LogP contribution in [0.3, 0.4) is 0 Å². The van der Waals surface area contributed by atoms with Crippen LogP contribution in [0, 0.1) is 5.82 Å². The van der Waals surface area contributed by atoms with E-state index in [4.69, 9.17) is 10.5 Å². The van der Waals surface area contributed by atoms with Gasteiger partial charge in [-0.25, -0.2) is 4.39 Å². The summed E-state index contributed by atoms with van der Waals surface area (Å²) in [6.07, 6.45) is 0. The molecule has 0 fully saturated rings. The second-order valence-electron chi connectivity index (χ2n) is 4.63. The zero-order chi connectivity index (χ0) is 13.8. The van der Waals surface area contributed by atoms with Gasteiger partial charge in [0.2, 0.25) is 0 Å². The Morgan fingerprint density at radius 3 is 2.58 bits per heavy atom. The van der Waals surface area contributed by atoms with Crippen LogP contribution < -0.4 is 10.5 Å². The summed E-state index contributed by atoms with van der Waals surface area (Å²) < 4.78 is 18.9. The maximum atomic E-state index is 13.2. The predicted octanol–water partition coefficient (Wildman–Crippen LogP) is 3.26. The molecule has 19 heavy (non-hydrogen) atoms. The number of halogens is 1. The summed E-state index contributed by atoms with van der Waals surface area (Å²) >= 11 is 0. The Balaban J connectivity index is 2.30. The zero-order valence-electron chi connectivity index (χ0n) is 11.1. The number of para-hydroxylation sites is 1. The molecule has 4 heteroatoms. The van der Waals surface area contributed by atoms with Crippen LogP contribution in [-0.4, -0.2) is 19.0 Å². The van der Waals surface area contributed by atoms with Gasteiger partial charge in [-0.2, -0.15) is 0 Å². The fourth-order valence-corrected chi connectivity index (χ4v) is 1.79. The molecule has 0 aliphatic rings. The molecule has 0 saturated heterocycles. The largest absolute Gasteiger partial charge is 0.455 e. The predicted molar refractivity (Wildman–Crippen MR) is 74.7 cm³/mol. The summed E-state index contributed by atoms with van der Waals surface area (Å²) in [4.78, 5) is 2.04. The number of anilines is 1. The third kappa shape index (κ3) is 3.45. The van der Waals surface area contributed by atoms with Crippen LogP contribution in [0.5, 0.6) is 11.5 Å². The number of rotatable bonds is 4. The van der Waals surface area contributed by atoms with E-state index in [1.165, 1.54) is 18.2 Å². The van der Waals surface area contributed by atoms with Gasteiger partial charge in [-0.1, -0.05) is 18.2 Å².